The van der Waals surface area contributed by atoms with E-state index < -0.39 is 0 Å². The molecule has 16 heavy (non-hydrogen) atoms. The van der Waals surface area contributed by atoms with E-state index in [1.165, 1.54) is 12.8 Å². The minimum Gasteiger partial charge on any atom is -0.376 e. The van der Waals surface area contributed by atoms with Crippen molar-refractivity contribution in [2.45, 2.75) is 31.9 Å². The van der Waals surface area contributed by atoms with Gasteiger partial charge in [-0.2, -0.15) is 5.10 Å². The van der Waals surface area contributed by atoms with E-state index in [1.807, 2.05) is 10.9 Å². The Hall–Kier alpha value is -1.31. The Labute approximate surface area is 95.8 Å². The molecule has 1 aromatic rings. The zero-order valence-electron chi connectivity index (χ0n) is 9.35. The second-order valence-corrected chi connectivity index (χ2v) is 3.95. The van der Waals surface area contributed by atoms with Crippen LogP contribution in [0.4, 0.5) is 0 Å². The molecule has 0 spiro atoms. The third-order valence-corrected chi connectivity index (χ3v) is 2.63. The molecule has 0 radical (unpaired) electrons. The smallest absolute Gasteiger partial charge is 0.0770 e. The van der Waals surface area contributed by atoms with Gasteiger partial charge in [0.05, 0.1) is 31.0 Å². The molecule has 0 bridgehead atoms. The van der Waals surface area contributed by atoms with Gasteiger partial charge in [-0.25, -0.2) is 0 Å². The van der Waals surface area contributed by atoms with E-state index >= 15 is 0 Å². The molecule has 0 aromatic carbocycles. The van der Waals surface area contributed by atoms with Crippen LogP contribution in [0.15, 0.2) is 12.4 Å². The zero-order valence-corrected chi connectivity index (χ0v) is 9.35. The lowest BCUT2D eigenvalue weighted by Crippen LogP contribution is -2.24. The zero-order chi connectivity index (χ0) is 11.2. The van der Waals surface area contributed by atoms with Crippen LogP contribution >= 0.6 is 0 Å². The van der Waals surface area contributed by atoms with Crippen LogP contribution in [0, 0.1) is 11.8 Å². The molecule has 0 saturated carbocycles. The van der Waals surface area contributed by atoms with E-state index in [-0.39, 0.29) is 0 Å². The quantitative estimate of drug-likeness (QED) is 0.747. The van der Waals surface area contributed by atoms with Crippen molar-refractivity contribution in [3.05, 3.63) is 18.0 Å². The monoisotopic (exact) mass is 219 g/mol. The molecule has 1 fully saturated rings. The fourth-order valence-electron chi connectivity index (χ4n) is 1.84. The minimum absolute atomic E-state index is 0.309. The van der Waals surface area contributed by atoms with E-state index in [1.54, 1.807) is 6.20 Å². The van der Waals surface area contributed by atoms with Crippen molar-refractivity contribution in [1.82, 2.24) is 9.78 Å². The van der Waals surface area contributed by atoms with Gasteiger partial charge in [-0.3, -0.25) is 4.68 Å². The van der Waals surface area contributed by atoms with Gasteiger partial charge in [0.15, 0.2) is 0 Å². The molecule has 0 amide bonds. The Morgan fingerprint density at radius 2 is 2.50 bits per heavy atom. The lowest BCUT2D eigenvalue weighted by molar-refractivity contribution is 0.00399. The third-order valence-electron chi connectivity index (χ3n) is 2.63. The molecule has 2 rings (SSSR count). The lowest BCUT2D eigenvalue weighted by atomic mass is 10.1. The summed E-state index contributed by atoms with van der Waals surface area (Å²) < 4.78 is 7.55. The molecular formula is C12H17N3O. The van der Waals surface area contributed by atoms with Crippen LogP contribution in [0.5, 0.6) is 0 Å². The van der Waals surface area contributed by atoms with Gasteiger partial charge in [0, 0.05) is 12.8 Å². The molecule has 0 unspecified atom stereocenters. The molecule has 86 valence electrons. The molecule has 1 atom stereocenters. The predicted molar refractivity (Wildman–Crippen MR) is 61.8 cm³/mol. The SMILES string of the molecule is NCC#Cc1cnn(C[C@H]2CCCCO2)c1. The number of nitrogens with two attached hydrogens (primary N) is 1. The number of rotatable bonds is 2. The van der Waals surface area contributed by atoms with E-state index in [0.29, 0.717) is 12.6 Å². The van der Waals surface area contributed by atoms with Gasteiger partial charge in [-0.15, -0.1) is 0 Å². The molecule has 4 heteroatoms. The molecule has 4 nitrogen and oxygen atoms in total. The van der Waals surface area contributed by atoms with Crippen molar-refractivity contribution < 1.29 is 4.74 Å². The van der Waals surface area contributed by atoms with Crippen molar-refractivity contribution in [2.75, 3.05) is 13.2 Å². The van der Waals surface area contributed by atoms with Crippen molar-refractivity contribution in [1.29, 1.82) is 0 Å². The second-order valence-electron chi connectivity index (χ2n) is 3.95. The van der Waals surface area contributed by atoms with Gasteiger partial charge >= 0.3 is 0 Å². The van der Waals surface area contributed by atoms with Crippen LogP contribution in [0.3, 0.4) is 0 Å². The van der Waals surface area contributed by atoms with E-state index in [4.69, 9.17) is 10.5 Å². The maximum absolute atomic E-state index is 5.66. The van der Waals surface area contributed by atoms with Gasteiger partial charge in [-0.05, 0) is 19.3 Å². The summed E-state index contributed by atoms with van der Waals surface area (Å²) in [6.45, 7) is 2.09. The Morgan fingerprint density at radius 3 is 3.25 bits per heavy atom. The summed E-state index contributed by atoms with van der Waals surface area (Å²) >= 11 is 0. The van der Waals surface area contributed by atoms with E-state index in [0.717, 1.165) is 25.1 Å². The largest absolute Gasteiger partial charge is 0.376 e. The molecule has 1 aromatic heterocycles. The fraction of sp³-hybridized carbons (Fsp3) is 0.583. The Morgan fingerprint density at radius 1 is 1.56 bits per heavy atom. The topological polar surface area (TPSA) is 53.1 Å². The molecule has 1 aliphatic heterocycles. The van der Waals surface area contributed by atoms with Gasteiger partial charge in [0.1, 0.15) is 0 Å². The summed E-state index contributed by atoms with van der Waals surface area (Å²) in [4.78, 5) is 0. The Balaban J connectivity index is 1.91. The number of hydrogen-bond donors (Lipinski definition) is 1. The van der Waals surface area contributed by atoms with Crippen LogP contribution in [-0.2, 0) is 11.3 Å². The van der Waals surface area contributed by atoms with Crippen LogP contribution in [0.2, 0.25) is 0 Å². The highest BCUT2D eigenvalue weighted by atomic mass is 16.5. The molecule has 2 heterocycles. The summed E-state index contributed by atoms with van der Waals surface area (Å²) in [7, 11) is 0. The molecule has 1 aliphatic rings. The maximum atomic E-state index is 5.66. The van der Waals surface area contributed by atoms with Gasteiger partial charge < -0.3 is 10.5 Å². The summed E-state index contributed by atoms with van der Waals surface area (Å²) in [5.74, 6) is 5.78. The van der Waals surface area contributed by atoms with Crippen molar-refractivity contribution in [3.8, 4) is 11.8 Å². The van der Waals surface area contributed by atoms with Crippen LogP contribution in [0.1, 0.15) is 24.8 Å². The standard InChI is InChI=1S/C12H17N3O/c13-6-3-4-11-8-14-15(9-11)10-12-5-1-2-7-16-12/h8-9,12H,1-2,5-7,10,13H2/t12-/m1/s1. The molecule has 1 saturated heterocycles. The first-order valence-electron chi connectivity index (χ1n) is 5.71. The minimum atomic E-state index is 0.309. The van der Waals surface area contributed by atoms with Crippen LogP contribution < -0.4 is 5.73 Å². The average molecular weight is 219 g/mol. The molecule has 0 aliphatic carbocycles. The third kappa shape index (κ3) is 3.09. The lowest BCUT2D eigenvalue weighted by Gasteiger charge is -2.22. The highest BCUT2D eigenvalue weighted by molar-refractivity contribution is 5.29. The summed E-state index contributed by atoms with van der Waals surface area (Å²) in [6.07, 6.45) is 7.59. The number of nitrogens with zero attached hydrogens (tertiary/aromatic N) is 2. The second kappa shape index (κ2) is 5.69. The Bertz CT molecular complexity index is 382. The summed E-state index contributed by atoms with van der Waals surface area (Å²) in [5.41, 5.74) is 6.23. The van der Waals surface area contributed by atoms with Gasteiger partial charge in [0.2, 0.25) is 0 Å². The summed E-state index contributed by atoms with van der Waals surface area (Å²) in [6, 6.07) is 0. The van der Waals surface area contributed by atoms with Crippen molar-refractivity contribution in [2.24, 2.45) is 5.73 Å². The van der Waals surface area contributed by atoms with Crippen molar-refractivity contribution in [3.63, 3.8) is 0 Å². The maximum Gasteiger partial charge on any atom is 0.0770 e. The molecule has 2 N–H and O–H groups in total. The fourth-order valence-corrected chi connectivity index (χ4v) is 1.84. The predicted octanol–water partition coefficient (Wildman–Crippen LogP) is 0.762. The highest BCUT2D eigenvalue weighted by Crippen LogP contribution is 2.14. The van der Waals surface area contributed by atoms with Gasteiger partial charge in [-0.1, -0.05) is 11.8 Å². The van der Waals surface area contributed by atoms with Crippen LogP contribution in [0.25, 0.3) is 0 Å². The summed E-state index contributed by atoms with van der Waals surface area (Å²) in [5, 5.41) is 4.26. The van der Waals surface area contributed by atoms with Crippen LogP contribution in [-0.4, -0.2) is 29.0 Å². The number of ether oxygens (including phenoxy) is 1. The number of hydrogen-bond acceptors (Lipinski definition) is 3. The highest BCUT2D eigenvalue weighted by Gasteiger charge is 2.14. The number of aromatic nitrogens is 2. The first kappa shape index (κ1) is 11.2. The Kier molecular flexibility index (Phi) is 3.97. The van der Waals surface area contributed by atoms with E-state index in [2.05, 4.69) is 16.9 Å². The molecular weight excluding hydrogens is 202 g/mol. The van der Waals surface area contributed by atoms with Gasteiger partial charge in [0.25, 0.3) is 0 Å². The average Bonchev–Trinajstić information content (AvgIpc) is 2.75. The normalized spacial score (nSPS) is 20.2. The first-order chi connectivity index (χ1) is 7.88. The first-order valence-corrected chi connectivity index (χ1v) is 5.71. The van der Waals surface area contributed by atoms with E-state index in [9.17, 15) is 0 Å². The van der Waals surface area contributed by atoms with Crippen molar-refractivity contribution >= 4 is 0 Å².